The molecule has 2 aromatic rings. The average Bonchev–Trinajstić information content (AvgIpc) is 3.64. The van der Waals surface area contributed by atoms with Crippen LogP contribution in [0, 0.1) is 11.2 Å². The van der Waals surface area contributed by atoms with Gasteiger partial charge in [0.05, 0.1) is 12.1 Å². The minimum absolute atomic E-state index is 0.0164. The summed E-state index contributed by atoms with van der Waals surface area (Å²) in [5.74, 6) is 1.13. The fourth-order valence-corrected chi connectivity index (χ4v) is 5.79. The molecule has 2 aliphatic carbocycles. The Morgan fingerprint density at radius 1 is 1.26 bits per heavy atom. The molecule has 1 aliphatic heterocycles. The van der Waals surface area contributed by atoms with Gasteiger partial charge in [-0.3, -0.25) is 4.79 Å². The van der Waals surface area contributed by atoms with E-state index in [1.807, 2.05) is 6.07 Å². The first-order chi connectivity index (χ1) is 18.5. The number of carbonyl (C=O) groups excluding carboxylic acids is 1. The highest BCUT2D eigenvalue weighted by Crippen LogP contribution is 2.51. The van der Waals surface area contributed by atoms with E-state index in [9.17, 15) is 14.3 Å². The van der Waals surface area contributed by atoms with Gasteiger partial charge in [-0.05, 0) is 74.1 Å². The van der Waals surface area contributed by atoms with Crippen molar-refractivity contribution in [3.8, 4) is 5.75 Å². The van der Waals surface area contributed by atoms with Crippen molar-refractivity contribution in [2.45, 2.75) is 109 Å². The molecule has 212 valence electrons. The number of carbonyl (C=O) groups is 1. The summed E-state index contributed by atoms with van der Waals surface area (Å²) in [5, 5.41) is 21.3. The van der Waals surface area contributed by atoms with E-state index in [1.54, 1.807) is 6.07 Å². The first-order valence-electron chi connectivity index (χ1n) is 14.4. The van der Waals surface area contributed by atoms with E-state index < -0.39 is 12.1 Å². The van der Waals surface area contributed by atoms with E-state index in [0.717, 1.165) is 73.3 Å². The number of hydrogen-bond donors (Lipinski definition) is 4. The fourth-order valence-electron chi connectivity index (χ4n) is 5.79. The lowest BCUT2D eigenvalue weighted by atomic mass is 9.72. The molecule has 0 radical (unpaired) electrons. The Kier molecular flexibility index (Phi) is 7.89. The molecule has 8 heteroatoms. The lowest BCUT2D eigenvalue weighted by Crippen LogP contribution is -2.52. The van der Waals surface area contributed by atoms with E-state index in [0.29, 0.717) is 12.5 Å². The minimum Gasteiger partial charge on any atom is -0.483 e. The summed E-state index contributed by atoms with van der Waals surface area (Å²) in [6.45, 7) is 8.37. The Balaban J connectivity index is 1.39. The summed E-state index contributed by atoms with van der Waals surface area (Å²) in [4.78, 5) is 17.0. The maximum Gasteiger partial charge on any atom is 0.217 e. The van der Waals surface area contributed by atoms with Crippen LogP contribution in [0.2, 0.25) is 0 Å². The number of ether oxygens (including phenoxy) is 1. The van der Waals surface area contributed by atoms with Gasteiger partial charge in [0.2, 0.25) is 5.91 Å². The maximum absolute atomic E-state index is 13.8. The van der Waals surface area contributed by atoms with Gasteiger partial charge >= 0.3 is 0 Å². The molecule has 1 amide bonds. The van der Waals surface area contributed by atoms with Crippen LogP contribution in [0.15, 0.2) is 30.3 Å². The van der Waals surface area contributed by atoms with E-state index in [2.05, 4.69) is 42.8 Å². The molecule has 3 atom stereocenters. The predicted molar refractivity (Wildman–Crippen MR) is 150 cm³/mol. The molecule has 5 rings (SSSR count). The molecule has 0 saturated heterocycles. The number of nitrogens with one attached hydrogen (secondary N) is 3. The number of rotatable bonds is 10. The van der Waals surface area contributed by atoms with Crippen molar-refractivity contribution in [2.24, 2.45) is 5.41 Å². The second-order valence-electron chi connectivity index (χ2n) is 13.0. The number of aliphatic hydroxyl groups excluding tert-OH is 1. The molecule has 39 heavy (non-hydrogen) atoms. The molecule has 2 heterocycles. The first-order valence-corrected chi connectivity index (χ1v) is 14.4. The molecule has 1 aromatic carbocycles. The standard InChI is InChI=1S/C31H43FN4O3/c1-19(37)34-25(14-20-7-5-8-21(32)13-20)27(38)18-33-26-17-31(11-6-12-31)39-28-24(26)15-23(16-30(2,3)4)36-29(28)35-22-9-10-22/h5,7-8,13,15,22,25-27,33,38H,6,9-12,14,16-18H2,1-4H3,(H,34,37)(H,35,36)/t25-,26-,27-/m0/s1. The molecular weight excluding hydrogens is 495 g/mol. The fraction of sp³-hybridized carbons (Fsp3) is 0.613. The number of anilines is 1. The second-order valence-corrected chi connectivity index (χ2v) is 13.0. The quantitative estimate of drug-likeness (QED) is 0.346. The van der Waals surface area contributed by atoms with Crippen LogP contribution in [0.25, 0.3) is 0 Å². The van der Waals surface area contributed by atoms with Crippen LogP contribution in [0.4, 0.5) is 10.2 Å². The highest BCUT2D eigenvalue weighted by Gasteiger charge is 2.47. The third-order valence-electron chi connectivity index (χ3n) is 7.99. The number of hydrogen-bond acceptors (Lipinski definition) is 6. The number of pyridine rings is 1. The van der Waals surface area contributed by atoms with Crippen molar-refractivity contribution >= 4 is 11.7 Å². The monoisotopic (exact) mass is 538 g/mol. The maximum atomic E-state index is 13.8. The predicted octanol–water partition coefficient (Wildman–Crippen LogP) is 4.83. The molecule has 1 spiro atoms. The minimum atomic E-state index is -0.860. The van der Waals surface area contributed by atoms with Gasteiger partial charge in [0.15, 0.2) is 11.6 Å². The summed E-state index contributed by atoms with van der Waals surface area (Å²) in [6.07, 6.45) is 6.60. The first kappa shape index (κ1) is 27.8. The van der Waals surface area contributed by atoms with Gasteiger partial charge < -0.3 is 25.8 Å². The SMILES string of the molecule is CC(=O)N[C@@H](Cc1cccc(F)c1)[C@@H](O)CN[C@H]1CC2(CCC2)Oc2c1cc(CC(C)(C)C)nc2NC1CC1. The van der Waals surface area contributed by atoms with Gasteiger partial charge in [0, 0.05) is 43.2 Å². The Hall–Kier alpha value is -2.71. The number of benzene rings is 1. The van der Waals surface area contributed by atoms with E-state index in [-0.39, 0.29) is 35.3 Å². The van der Waals surface area contributed by atoms with Gasteiger partial charge in [-0.25, -0.2) is 9.37 Å². The number of halogens is 1. The van der Waals surface area contributed by atoms with E-state index in [1.165, 1.54) is 19.1 Å². The number of fused-ring (bicyclic) bond motifs is 1. The van der Waals surface area contributed by atoms with E-state index >= 15 is 0 Å². The Morgan fingerprint density at radius 2 is 2.03 bits per heavy atom. The normalized spacial score (nSPS) is 21.3. The van der Waals surface area contributed by atoms with Crippen LogP contribution in [0.1, 0.15) is 89.1 Å². The van der Waals surface area contributed by atoms with Crippen LogP contribution in [-0.4, -0.2) is 46.3 Å². The van der Waals surface area contributed by atoms with Crippen molar-refractivity contribution in [1.82, 2.24) is 15.6 Å². The molecule has 2 saturated carbocycles. The van der Waals surface area contributed by atoms with Crippen LogP contribution in [0.3, 0.4) is 0 Å². The van der Waals surface area contributed by atoms with Crippen molar-refractivity contribution in [1.29, 1.82) is 0 Å². The van der Waals surface area contributed by atoms with Crippen molar-refractivity contribution in [2.75, 3.05) is 11.9 Å². The van der Waals surface area contributed by atoms with Crippen LogP contribution in [0.5, 0.6) is 5.75 Å². The zero-order chi connectivity index (χ0) is 27.8. The van der Waals surface area contributed by atoms with Crippen molar-refractivity contribution in [3.63, 3.8) is 0 Å². The lowest BCUT2D eigenvalue weighted by Gasteiger charge is -2.48. The van der Waals surface area contributed by atoms with Crippen LogP contribution >= 0.6 is 0 Å². The summed E-state index contributed by atoms with van der Waals surface area (Å²) in [7, 11) is 0. The zero-order valence-corrected chi connectivity index (χ0v) is 23.6. The third kappa shape index (κ3) is 7.09. The summed E-state index contributed by atoms with van der Waals surface area (Å²) < 4.78 is 20.5. The van der Waals surface area contributed by atoms with Gasteiger partial charge in [-0.1, -0.05) is 32.9 Å². The Morgan fingerprint density at radius 3 is 2.64 bits per heavy atom. The third-order valence-corrected chi connectivity index (χ3v) is 7.99. The Labute approximate surface area is 231 Å². The summed E-state index contributed by atoms with van der Waals surface area (Å²) in [6, 6.07) is 8.35. The molecular formula is C31H43FN4O3. The summed E-state index contributed by atoms with van der Waals surface area (Å²) in [5.41, 5.74) is 2.73. The molecule has 4 N–H and O–H groups in total. The molecule has 1 aromatic heterocycles. The van der Waals surface area contributed by atoms with Crippen molar-refractivity contribution < 1.29 is 19.0 Å². The van der Waals surface area contributed by atoms with E-state index in [4.69, 9.17) is 9.72 Å². The molecule has 3 aliphatic rings. The van der Waals surface area contributed by atoms with Gasteiger partial charge in [-0.2, -0.15) is 0 Å². The lowest BCUT2D eigenvalue weighted by molar-refractivity contribution is -0.120. The number of aromatic nitrogens is 1. The smallest absolute Gasteiger partial charge is 0.217 e. The molecule has 0 unspecified atom stereocenters. The van der Waals surface area contributed by atoms with Crippen LogP contribution in [-0.2, 0) is 17.6 Å². The second kappa shape index (κ2) is 11.0. The summed E-state index contributed by atoms with van der Waals surface area (Å²) >= 11 is 0. The van der Waals surface area contributed by atoms with Gasteiger partial charge in [0.25, 0.3) is 0 Å². The Bertz CT molecular complexity index is 1190. The zero-order valence-electron chi connectivity index (χ0n) is 23.6. The average molecular weight is 539 g/mol. The number of nitrogens with zero attached hydrogens (tertiary/aromatic N) is 1. The van der Waals surface area contributed by atoms with Gasteiger partial charge in [0.1, 0.15) is 11.4 Å². The van der Waals surface area contributed by atoms with Crippen LogP contribution < -0.4 is 20.7 Å². The highest BCUT2D eigenvalue weighted by molar-refractivity contribution is 5.73. The number of amides is 1. The number of aliphatic hydroxyl groups is 1. The molecule has 7 nitrogen and oxygen atoms in total. The molecule has 0 bridgehead atoms. The largest absolute Gasteiger partial charge is 0.483 e. The topological polar surface area (TPSA) is 95.5 Å². The molecule has 2 fully saturated rings. The van der Waals surface area contributed by atoms with Gasteiger partial charge in [-0.15, -0.1) is 0 Å². The highest BCUT2D eigenvalue weighted by atomic mass is 19.1. The van der Waals surface area contributed by atoms with Crippen molar-refractivity contribution in [3.05, 3.63) is 53.0 Å².